The first-order valence-electron chi connectivity index (χ1n) is 7.17. The molecule has 2 unspecified atom stereocenters. The second-order valence-electron chi connectivity index (χ2n) is 5.67. The fourth-order valence-corrected chi connectivity index (χ4v) is 3.32. The third-order valence-electron chi connectivity index (χ3n) is 4.28. The highest BCUT2D eigenvalue weighted by Crippen LogP contribution is 2.25. The zero-order valence-electron chi connectivity index (χ0n) is 11.0. The molecule has 1 saturated heterocycles. The molecule has 2 atom stereocenters. The van der Waals surface area contributed by atoms with Gasteiger partial charge in [-0.15, -0.1) is 0 Å². The average molecular weight is 235 g/mol. The van der Waals surface area contributed by atoms with E-state index in [0.717, 1.165) is 19.1 Å². The van der Waals surface area contributed by atoms with Crippen LogP contribution in [0.1, 0.15) is 51.9 Å². The molecule has 3 nitrogen and oxygen atoms in total. The van der Waals surface area contributed by atoms with Crippen LogP contribution in [0.15, 0.2) is 0 Å². The van der Waals surface area contributed by atoms with E-state index in [0.29, 0.717) is 18.5 Å². The van der Waals surface area contributed by atoms with Crippen LogP contribution in [0.25, 0.3) is 0 Å². The Kier molecular flexibility index (Phi) is 4.82. The molecule has 0 spiro atoms. The van der Waals surface area contributed by atoms with Gasteiger partial charge in [0.25, 0.3) is 0 Å². The first-order valence-corrected chi connectivity index (χ1v) is 7.17. The van der Waals surface area contributed by atoms with Gasteiger partial charge in [0.15, 0.2) is 0 Å². The Morgan fingerprint density at radius 2 is 1.94 bits per heavy atom. The molecule has 0 aromatic rings. The zero-order chi connectivity index (χ0) is 12.1. The molecule has 1 aliphatic heterocycles. The van der Waals surface area contributed by atoms with Crippen LogP contribution in [-0.4, -0.2) is 36.1 Å². The highest BCUT2D eigenvalue weighted by molar-refractivity contribution is 4.93. The molecule has 0 aromatic heterocycles. The van der Waals surface area contributed by atoms with Gasteiger partial charge < -0.3 is 5.32 Å². The molecule has 1 saturated carbocycles. The molecule has 2 aliphatic rings. The number of piperazine rings is 1. The van der Waals surface area contributed by atoms with Gasteiger partial charge in [0.2, 0.25) is 0 Å². The summed E-state index contributed by atoms with van der Waals surface area (Å²) < 4.78 is 0. The molecule has 1 N–H and O–H groups in total. The minimum absolute atomic E-state index is 0.444. The highest BCUT2D eigenvalue weighted by atomic mass is 15.3. The molecule has 2 fully saturated rings. The maximum atomic E-state index is 8.95. The Bertz CT molecular complexity index is 263. The van der Waals surface area contributed by atoms with Crippen molar-refractivity contribution < 1.29 is 0 Å². The van der Waals surface area contributed by atoms with Crippen LogP contribution in [0.5, 0.6) is 0 Å². The van der Waals surface area contributed by atoms with Crippen LogP contribution in [-0.2, 0) is 0 Å². The van der Waals surface area contributed by atoms with Crippen LogP contribution in [0.2, 0.25) is 0 Å². The maximum absolute atomic E-state index is 8.95. The largest absolute Gasteiger partial charge is 0.311 e. The molecule has 0 bridgehead atoms. The van der Waals surface area contributed by atoms with Crippen LogP contribution in [0.3, 0.4) is 0 Å². The topological polar surface area (TPSA) is 39.1 Å². The van der Waals surface area contributed by atoms with Crippen molar-refractivity contribution in [2.24, 2.45) is 0 Å². The number of nitrogens with zero attached hydrogens (tertiary/aromatic N) is 2. The number of hydrogen-bond acceptors (Lipinski definition) is 3. The van der Waals surface area contributed by atoms with Crippen molar-refractivity contribution in [2.75, 3.05) is 13.1 Å². The predicted molar refractivity (Wildman–Crippen MR) is 69.7 cm³/mol. The predicted octanol–water partition coefficient (Wildman–Crippen LogP) is 2.29. The van der Waals surface area contributed by atoms with E-state index in [4.69, 9.17) is 5.26 Å². The lowest BCUT2D eigenvalue weighted by Crippen LogP contribution is -2.58. The van der Waals surface area contributed by atoms with Gasteiger partial charge in [-0.3, -0.25) is 4.90 Å². The Labute approximate surface area is 105 Å². The van der Waals surface area contributed by atoms with E-state index in [1.54, 1.807) is 0 Å². The van der Waals surface area contributed by atoms with Gasteiger partial charge in [-0.05, 0) is 19.8 Å². The lowest BCUT2D eigenvalue weighted by atomic mass is 9.99. The lowest BCUT2D eigenvalue weighted by Gasteiger charge is -2.43. The van der Waals surface area contributed by atoms with E-state index in [2.05, 4.69) is 23.2 Å². The molecule has 0 aromatic carbocycles. The van der Waals surface area contributed by atoms with Crippen LogP contribution in [0, 0.1) is 11.3 Å². The molecule has 0 amide bonds. The fraction of sp³-hybridized carbons (Fsp3) is 0.929. The van der Waals surface area contributed by atoms with Crippen LogP contribution < -0.4 is 5.32 Å². The lowest BCUT2D eigenvalue weighted by molar-refractivity contribution is 0.0788. The van der Waals surface area contributed by atoms with Crippen LogP contribution >= 0.6 is 0 Å². The molecule has 96 valence electrons. The maximum Gasteiger partial charge on any atom is 0.0638 e. The Balaban J connectivity index is 1.99. The quantitative estimate of drug-likeness (QED) is 0.746. The van der Waals surface area contributed by atoms with Gasteiger partial charge in [-0.2, -0.15) is 5.26 Å². The molecular weight excluding hydrogens is 210 g/mol. The molecule has 17 heavy (non-hydrogen) atoms. The van der Waals surface area contributed by atoms with Crippen molar-refractivity contribution in [1.82, 2.24) is 10.2 Å². The summed E-state index contributed by atoms with van der Waals surface area (Å²) in [7, 11) is 0. The van der Waals surface area contributed by atoms with Gasteiger partial charge in [0.05, 0.1) is 12.5 Å². The second-order valence-corrected chi connectivity index (χ2v) is 5.67. The smallest absolute Gasteiger partial charge is 0.0638 e. The monoisotopic (exact) mass is 235 g/mol. The average Bonchev–Trinajstić information content (AvgIpc) is 2.60. The molecule has 0 radical (unpaired) electrons. The summed E-state index contributed by atoms with van der Waals surface area (Å²) in [6.07, 6.45) is 8.92. The normalized spacial score (nSPS) is 32.9. The first-order chi connectivity index (χ1) is 8.31. The first kappa shape index (κ1) is 12.9. The summed E-state index contributed by atoms with van der Waals surface area (Å²) in [4.78, 5) is 2.63. The number of rotatable bonds is 2. The summed E-state index contributed by atoms with van der Waals surface area (Å²) in [6.45, 7) is 4.37. The standard InChI is InChI=1S/C14H25N3/c1-12-11-17(14(8-9-15)10-16-12)13-6-4-2-3-5-7-13/h12-14,16H,2-8,10-11H2,1H3. The molecular formula is C14H25N3. The zero-order valence-corrected chi connectivity index (χ0v) is 11.0. The molecule has 3 heteroatoms. The summed E-state index contributed by atoms with van der Waals surface area (Å²) in [5.41, 5.74) is 0. The van der Waals surface area contributed by atoms with Gasteiger partial charge >= 0.3 is 0 Å². The molecule has 2 rings (SSSR count). The van der Waals surface area contributed by atoms with E-state index >= 15 is 0 Å². The molecule has 1 heterocycles. The highest BCUT2D eigenvalue weighted by Gasteiger charge is 2.31. The Hall–Kier alpha value is -0.590. The number of hydrogen-bond donors (Lipinski definition) is 1. The van der Waals surface area contributed by atoms with E-state index in [-0.39, 0.29) is 0 Å². The van der Waals surface area contributed by atoms with Crippen molar-refractivity contribution in [3.63, 3.8) is 0 Å². The Morgan fingerprint density at radius 1 is 1.24 bits per heavy atom. The molecule has 1 aliphatic carbocycles. The van der Waals surface area contributed by atoms with Crippen molar-refractivity contribution in [3.8, 4) is 6.07 Å². The van der Waals surface area contributed by atoms with Gasteiger partial charge in [-0.1, -0.05) is 25.7 Å². The SMILES string of the molecule is CC1CN(C2CCCCCC2)C(CC#N)CN1. The van der Waals surface area contributed by atoms with Crippen molar-refractivity contribution in [1.29, 1.82) is 5.26 Å². The van der Waals surface area contributed by atoms with E-state index in [9.17, 15) is 0 Å². The Morgan fingerprint density at radius 3 is 2.59 bits per heavy atom. The summed E-state index contributed by atoms with van der Waals surface area (Å²) in [5.74, 6) is 0. The van der Waals surface area contributed by atoms with E-state index < -0.39 is 0 Å². The number of nitriles is 1. The number of nitrogens with one attached hydrogen (secondary N) is 1. The summed E-state index contributed by atoms with van der Waals surface area (Å²) in [6, 6.07) is 4.11. The van der Waals surface area contributed by atoms with Gasteiger partial charge in [-0.25, -0.2) is 0 Å². The van der Waals surface area contributed by atoms with E-state index in [1.165, 1.54) is 38.5 Å². The van der Waals surface area contributed by atoms with Crippen LogP contribution in [0.4, 0.5) is 0 Å². The second kappa shape index (κ2) is 6.37. The minimum atomic E-state index is 0.444. The van der Waals surface area contributed by atoms with Gasteiger partial charge in [0.1, 0.15) is 0 Å². The third kappa shape index (κ3) is 3.43. The minimum Gasteiger partial charge on any atom is -0.311 e. The van der Waals surface area contributed by atoms with Crippen molar-refractivity contribution in [2.45, 2.75) is 70.0 Å². The summed E-state index contributed by atoms with van der Waals surface area (Å²) >= 11 is 0. The van der Waals surface area contributed by atoms with Crippen molar-refractivity contribution >= 4 is 0 Å². The fourth-order valence-electron chi connectivity index (χ4n) is 3.32. The third-order valence-corrected chi connectivity index (χ3v) is 4.28. The van der Waals surface area contributed by atoms with Crippen molar-refractivity contribution in [3.05, 3.63) is 0 Å². The van der Waals surface area contributed by atoms with Gasteiger partial charge in [0, 0.05) is 31.2 Å². The summed E-state index contributed by atoms with van der Waals surface area (Å²) in [5, 5.41) is 12.5. The van der Waals surface area contributed by atoms with E-state index in [1.807, 2.05) is 0 Å².